The van der Waals surface area contributed by atoms with Crippen LogP contribution in [-0.4, -0.2) is 31.3 Å². The van der Waals surface area contributed by atoms with E-state index in [2.05, 4.69) is 15.9 Å². The van der Waals surface area contributed by atoms with Gasteiger partial charge in [-0.25, -0.2) is 8.42 Å². The molecule has 3 N–H and O–H groups in total. The topological polar surface area (TPSA) is 97.5 Å². The van der Waals surface area contributed by atoms with Crippen LogP contribution in [0, 0.1) is 0 Å². The van der Waals surface area contributed by atoms with E-state index in [1.807, 2.05) is 0 Å². The number of thiophene rings is 1. The minimum atomic E-state index is -3.60. The smallest absolute Gasteiger partial charge is 0.321 e. The van der Waals surface area contributed by atoms with E-state index >= 15 is 0 Å². The van der Waals surface area contributed by atoms with E-state index in [0.29, 0.717) is 3.79 Å². The largest absolute Gasteiger partial charge is 0.480 e. The molecular weight excluding hydrogens is 306 g/mol. The Morgan fingerprint density at radius 3 is 2.60 bits per heavy atom. The number of hydrogen-bond donors (Lipinski definition) is 2. The first-order valence-electron chi connectivity index (χ1n) is 3.79. The van der Waals surface area contributed by atoms with E-state index in [-0.39, 0.29) is 4.21 Å². The van der Waals surface area contributed by atoms with Crippen molar-refractivity contribution < 1.29 is 18.3 Å². The standard InChI is InChI=1S/C7H8BrNO4S2/c8-5-1-2-6(14-5)15(12,13)3-4(9)7(10)11/h1-2,4H,3,9H2,(H,10,11). The summed E-state index contributed by atoms with van der Waals surface area (Å²) in [6.45, 7) is 0. The summed E-state index contributed by atoms with van der Waals surface area (Å²) in [5.74, 6) is -1.91. The maximum Gasteiger partial charge on any atom is 0.321 e. The summed E-state index contributed by atoms with van der Waals surface area (Å²) in [6, 6.07) is 1.61. The Hall–Kier alpha value is -0.440. The van der Waals surface area contributed by atoms with Gasteiger partial charge in [0.05, 0.1) is 9.54 Å². The predicted molar refractivity (Wildman–Crippen MR) is 59.7 cm³/mol. The number of carboxylic acid groups (broad SMARTS) is 1. The van der Waals surface area contributed by atoms with Crippen molar-refractivity contribution in [3.63, 3.8) is 0 Å². The van der Waals surface area contributed by atoms with E-state index in [9.17, 15) is 13.2 Å². The molecule has 0 aliphatic heterocycles. The molecule has 1 aromatic heterocycles. The first-order valence-corrected chi connectivity index (χ1v) is 7.05. The highest BCUT2D eigenvalue weighted by Crippen LogP contribution is 2.26. The molecule has 0 bridgehead atoms. The second kappa shape index (κ2) is 4.60. The lowest BCUT2D eigenvalue weighted by molar-refractivity contribution is -0.137. The van der Waals surface area contributed by atoms with Crippen molar-refractivity contribution in [3.8, 4) is 0 Å². The monoisotopic (exact) mass is 313 g/mol. The summed E-state index contributed by atoms with van der Waals surface area (Å²) in [5, 5.41) is 8.50. The molecule has 0 aromatic carbocycles. The third-order valence-electron chi connectivity index (χ3n) is 1.57. The van der Waals surface area contributed by atoms with Gasteiger partial charge in [0.1, 0.15) is 10.3 Å². The zero-order valence-corrected chi connectivity index (χ0v) is 10.6. The average Bonchev–Trinajstić information content (AvgIpc) is 2.51. The van der Waals surface area contributed by atoms with Crippen molar-refractivity contribution in [1.29, 1.82) is 0 Å². The molecule has 84 valence electrons. The SMILES string of the molecule is NC(CS(=O)(=O)c1ccc(Br)s1)C(=O)O. The van der Waals surface area contributed by atoms with Crippen LogP contribution in [0.15, 0.2) is 20.1 Å². The lowest BCUT2D eigenvalue weighted by Crippen LogP contribution is -2.37. The molecule has 0 aliphatic carbocycles. The fourth-order valence-electron chi connectivity index (χ4n) is 0.855. The van der Waals surface area contributed by atoms with Gasteiger partial charge in [0.15, 0.2) is 9.84 Å². The van der Waals surface area contributed by atoms with Gasteiger partial charge in [-0.05, 0) is 28.1 Å². The number of nitrogens with two attached hydrogens (primary N) is 1. The molecule has 0 spiro atoms. The minimum absolute atomic E-state index is 0.117. The summed E-state index contributed by atoms with van der Waals surface area (Å²) in [4.78, 5) is 10.4. The van der Waals surface area contributed by atoms with Gasteiger partial charge in [-0.15, -0.1) is 11.3 Å². The molecule has 0 fully saturated rings. The Bertz CT molecular complexity index is 467. The molecule has 0 aliphatic rings. The molecule has 1 rings (SSSR count). The summed E-state index contributed by atoms with van der Waals surface area (Å²) in [7, 11) is -3.60. The molecule has 15 heavy (non-hydrogen) atoms. The van der Waals surface area contributed by atoms with Crippen LogP contribution in [0.2, 0.25) is 0 Å². The quantitative estimate of drug-likeness (QED) is 0.852. The van der Waals surface area contributed by atoms with Crippen molar-refractivity contribution in [1.82, 2.24) is 0 Å². The van der Waals surface area contributed by atoms with E-state index in [1.54, 1.807) is 6.07 Å². The highest BCUT2D eigenvalue weighted by molar-refractivity contribution is 9.11. The number of rotatable bonds is 4. The fourth-order valence-corrected chi connectivity index (χ4v) is 4.33. The lowest BCUT2D eigenvalue weighted by Gasteiger charge is -2.05. The van der Waals surface area contributed by atoms with Crippen molar-refractivity contribution >= 4 is 43.1 Å². The van der Waals surface area contributed by atoms with Crippen LogP contribution in [0.4, 0.5) is 0 Å². The van der Waals surface area contributed by atoms with Crippen LogP contribution < -0.4 is 5.73 Å². The number of sulfone groups is 1. The Morgan fingerprint density at radius 2 is 2.20 bits per heavy atom. The van der Waals surface area contributed by atoms with Crippen molar-refractivity contribution in [2.75, 3.05) is 5.75 Å². The number of hydrogen-bond acceptors (Lipinski definition) is 5. The Balaban J connectivity index is 2.90. The Kier molecular flexibility index (Phi) is 3.87. The number of halogens is 1. The first kappa shape index (κ1) is 12.6. The highest BCUT2D eigenvalue weighted by Gasteiger charge is 2.24. The summed E-state index contributed by atoms with van der Waals surface area (Å²) in [5.41, 5.74) is 5.16. The van der Waals surface area contributed by atoms with Crippen LogP contribution in [0.5, 0.6) is 0 Å². The summed E-state index contributed by atoms with van der Waals surface area (Å²) < 4.78 is 24.0. The summed E-state index contributed by atoms with van der Waals surface area (Å²) in [6.07, 6.45) is 0. The van der Waals surface area contributed by atoms with Crippen LogP contribution in [0.3, 0.4) is 0 Å². The van der Waals surface area contributed by atoms with E-state index in [4.69, 9.17) is 10.8 Å². The molecular formula is C7H8BrNO4S2. The molecule has 5 nitrogen and oxygen atoms in total. The Morgan fingerprint density at radius 1 is 1.60 bits per heavy atom. The average molecular weight is 314 g/mol. The van der Waals surface area contributed by atoms with Gasteiger partial charge in [-0.1, -0.05) is 0 Å². The number of carbonyl (C=O) groups is 1. The van der Waals surface area contributed by atoms with Crippen molar-refractivity contribution in [3.05, 3.63) is 15.9 Å². The third kappa shape index (κ3) is 3.26. The van der Waals surface area contributed by atoms with Crippen molar-refractivity contribution in [2.45, 2.75) is 10.3 Å². The molecule has 0 saturated heterocycles. The fraction of sp³-hybridized carbons (Fsp3) is 0.286. The minimum Gasteiger partial charge on any atom is -0.480 e. The van der Waals surface area contributed by atoms with E-state index in [1.165, 1.54) is 6.07 Å². The van der Waals surface area contributed by atoms with Crippen LogP contribution >= 0.6 is 27.3 Å². The maximum absolute atomic E-state index is 11.6. The van der Waals surface area contributed by atoms with Crippen LogP contribution in [0.1, 0.15) is 0 Å². The van der Waals surface area contributed by atoms with Gasteiger partial charge in [0, 0.05) is 0 Å². The molecule has 0 saturated carbocycles. The second-order valence-electron chi connectivity index (χ2n) is 2.78. The zero-order chi connectivity index (χ0) is 11.6. The summed E-state index contributed by atoms with van der Waals surface area (Å²) >= 11 is 4.15. The molecule has 0 radical (unpaired) electrons. The molecule has 1 unspecified atom stereocenters. The number of aliphatic carboxylic acids is 1. The highest BCUT2D eigenvalue weighted by atomic mass is 79.9. The van der Waals surface area contributed by atoms with Crippen molar-refractivity contribution in [2.24, 2.45) is 5.73 Å². The predicted octanol–water partition coefficient (Wildman–Crippen LogP) is 0.696. The lowest BCUT2D eigenvalue weighted by atomic mass is 10.4. The molecule has 0 amide bonds. The van der Waals surface area contributed by atoms with Gasteiger partial charge >= 0.3 is 5.97 Å². The third-order valence-corrected chi connectivity index (χ3v) is 5.55. The molecule has 1 heterocycles. The molecule has 1 aromatic rings. The zero-order valence-electron chi connectivity index (χ0n) is 7.38. The van der Waals surface area contributed by atoms with Gasteiger partial charge in [-0.2, -0.15) is 0 Å². The van der Waals surface area contributed by atoms with E-state index < -0.39 is 27.6 Å². The normalized spacial score (nSPS) is 13.7. The van der Waals surface area contributed by atoms with Crippen LogP contribution in [-0.2, 0) is 14.6 Å². The van der Waals surface area contributed by atoms with Gasteiger partial charge < -0.3 is 10.8 Å². The molecule has 1 atom stereocenters. The van der Waals surface area contributed by atoms with Crippen LogP contribution in [0.25, 0.3) is 0 Å². The van der Waals surface area contributed by atoms with Gasteiger partial charge in [-0.3, -0.25) is 4.79 Å². The molecule has 8 heteroatoms. The van der Waals surface area contributed by atoms with Gasteiger partial charge in [0.25, 0.3) is 0 Å². The number of carboxylic acids is 1. The van der Waals surface area contributed by atoms with E-state index in [0.717, 1.165) is 11.3 Å². The van der Waals surface area contributed by atoms with Gasteiger partial charge in [0.2, 0.25) is 0 Å². The second-order valence-corrected chi connectivity index (χ2v) is 7.51. The first-order chi connectivity index (χ1) is 6.83. The Labute approximate surface area is 99.0 Å². The maximum atomic E-state index is 11.6.